The molecule has 1 saturated heterocycles. The fourth-order valence-electron chi connectivity index (χ4n) is 1.49. The molecule has 17 heavy (non-hydrogen) atoms. The summed E-state index contributed by atoms with van der Waals surface area (Å²) in [6.45, 7) is 0. The Kier molecular flexibility index (Phi) is 3.06. The molecule has 1 aliphatic heterocycles. The van der Waals surface area contributed by atoms with Gasteiger partial charge in [-0.3, -0.25) is 4.79 Å². The molecule has 1 aromatic carbocycles. The van der Waals surface area contributed by atoms with Gasteiger partial charge in [0, 0.05) is 12.8 Å². The first-order valence-electron chi connectivity index (χ1n) is 5.06. The van der Waals surface area contributed by atoms with Crippen LogP contribution in [0.15, 0.2) is 24.3 Å². The molecule has 0 bridgehead atoms. The van der Waals surface area contributed by atoms with Crippen molar-refractivity contribution < 1.29 is 23.9 Å². The maximum Gasteiger partial charge on any atom is 0.363 e. The highest BCUT2D eigenvalue weighted by atomic mass is 19.1. The number of carbonyl (C=O) groups is 2. The van der Waals surface area contributed by atoms with Gasteiger partial charge in [0.2, 0.25) is 0 Å². The second-order valence-corrected chi connectivity index (χ2v) is 3.62. The van der Waals surface area contributed by atoms with Gasteiger partial charge in [-0.2, -0.15) is 0 Å². The third-order valence-corrected chi connectivity index (χ3v) is 2.39. The molecule has 0 saturated carbocycles. The smallest absolute Gasteiger partial charge is 0.363 e. The average molecular weight is 239 g/mol. The Bertz CT molecular complexity index is 445. The van der Waals surface area contributed by atoms with Crippen LogP contribution in [0, 0.1) is 5.82 Å². The lowest BCUT2D eigenvalue weighted by Gasteiger charge is -2.18. The minimum Gasteiger partial charge on any atom is -0.370 e. The Labute approximate surface area is 96.4 Å². The van der Waals surface area contributed by atoms with E-state index in [1.54, 1.807) is 0 Å². The number of nitrogens with zero attached hydrogens (tertiary/aromatic N) is 1. The molecule has 1 heterocycles. The van der Waals surface area contributed by atoms with Gasteiger partial charge < -0.3 is 9.94 Å². The van der Waals surface area contributed by atoms with E-state index >= 15 is 0 Å². The molecule has 5 nitrogen and oxygen atoms in total. The highest BCUT2D eigenvalue weighted by molar-refractivity contribution is 5.90. The fraction of sp³-hybridized carbons (Fsp3) is 0.273. The average Bonchev–Trinajstić information content (AvgIpc) is 2.61. The zero-order valence-corrected chi connectivity index (χ0v) is 8.80. The largest absolute Gasteiger partial charge is 0.370 e. The third kappa shape index (κ3) is 2.42. The van der Waals surface area contributed by atoms with Gasteiger partial charge in [-0.15, -0.1) is 5.06 Å². The van der Waals surface area contributed by atoms with Gasteiger partial charge in [-0.1, -0.05) is 0 Å². The van der Waals surface area contributed by atoms with Crippen LogP contribution in [0.25, 0.3) is 0 Å². The van der Waals surface area contributed by atoms with Crippen molar-refractivity contribution >= 4 is 11.9 Å². The van der Waals surface area contributed by atoms with E-state index in [2.05, 4.69) is 0 Å². The van der Waals surface area contributed by atoms with Crippen molar-refractivity contribution in [2.24, 2.45) is 0 Å². The molecule has 1 atom stereocenters. The van der Waals surface area contributed by atoms with Crippen LogP contribution in [0.5, 0.6) is 0 Å². The summed E-state index contributed by atoms with van der Waals surface area (Å²) < 4.78 is 12.6. The van der Waals surface area contributed by atoms with Crippen molar-refractivity contribution in [3.05, 3.63) is 35.6 Å². The Balaban J connectivity index is 2.06. The molecule has 0 spiro atoms. The van der Waals surface area contributed by atoms with E-state index in [1.807, 2.05) is 0 Å². The van der Waals surface area contributed by atoms with Crippen LogP contribution < -0.4 is 0 Å². The Hall–Kier alpha value is -1.95. The molecule has 1 unspecified atom stereocenters. The quantitative estimate of drug-likeness (QED) is 0.830. The molecular weight excluding hydrogens is 229 g/mol. The van der Waals surface area contributed by atoms with Crippen LogP contribution in [-0.4, -0.2) is 28.3 Å². The number of hydroxylamine groups is 2. The van der Waals surface area contributed by atoms with Gasteiger partial charge in [-0.05, 0) is 24.3 Å². The highest BCUT2D eigenvalue weighted by Gasteiger charge is 2.33. The molecule has 1 N–H and O–H groups in total. The van der Waals surface area contributed by atoms with Crippen molar-refractivity contribution in [2.75, 3.05) is 0 Å². The number of amides is 1. The van der Waals surface area contributed by atoms with Gasteiger partial charge in [0.25, 0.3) is 5.91 Å². The van der Waals surface area contributed by atoms with Gasteiger partial charge in [0.05, 0.1) is 5.56 Å². The molecule has 6 heteroatoms. The highest BCUT2D eigenvalue weighted by Crippen LogP contribution is 2.18. The maximum atomic E-state index is 12.6. The summed E-state index contributed by atoms with van der Waals surface area (Å²) in [6.07, 6.45) is -0.736. The zero-order chi connectivity index (χ0) is 12.4. The maximum absolute atomic E-state index is 12.6. The molecule has 0 aliphatic carbocycles. The number of aliphatic hydroxyl groups excluding tert-OH is 1. The number of rotatable bonds is 2. The van der Waals surface area contributed by atoms with Gasteiger partial charge in [0.1, 0.15) is 5.82 Å². The van der Waals surface area contributed by atoms with Crippen molar-refractivity contribution in [3.63, 3.8) is 0 Å². The van der Waals surface area contributed by atoms with Crippen molar-refractivity contribution in [2.45, 2.75) is 19.1 Å². The van der Waals surface area contributed by atoms with E-state index in [0.29, 0.717) is 5.06 Å². The summed E-state index contributed by atoms with van der Waals surface area (Å²) in [6, 6.07) is 4.70. The number of aliphatic hydroxyl groups is 1. The fourth-order valence-corrected chi connectivity index (χ4v) is 1.49. The molecule has 0 aromatic heterocycles. The molecule has 1 amide bonds. The van der Waals surface area contributed by atoms with Gasteiger partial charge in [-0.25, -0.2) is 9.18 Å². The van der Waals surface area contributed by atoms with Crippen LogP contribution in [0.3, 0.4) is 0 Å². The third-order valence-electron chi connectivity index (χ3n) is 2.39. The van der Waals surface area contributed by atoms with E-state index in [9.17, 15) is 19.1 Å². The predicted octanol–water partition coefficient (Wildman–Crippen LogP) is 0.838. The second-order valence-electron chi connectivity index (χ2n) is 3.62. The van der Waals surface area contributed by atoms with Gasteiger partial charge in [0.15, 0.2) is 6.23 Å². The van der Waals surface area contributed by atoms with E-state index in [4.69, 9.17) is 4.84 Å². The summed E-state index contributed by atoms with van der Waals surface area (Å²) in [7, 11) is 0. The molecular formula is C11H10FNO4. The van der Waals surface area contributed by atoms with E-state index in [0.717, 1.165) is 12.1 Å². The number of hydrogen-bond acceptors (Lipinski definition) is 4. The van der Waals surface area contributed by atoms with Crippen LogP contribution in [0.2, 0.25) is 0 Å². The molecule has 1 aliphatic rings. The summed E-state index contributed by atoms with van der Waals surface area (Å²) in [4.78, 5) is 27.5. The SMILES string of the molecule is O=C(ON1C(=O)CCC1O)c1ccc(F)cc1. The van der Waals surface area contributed by atoms with Crippen molar-refractivity contribution in [1.82, 2.24) is 5.06 Å². The minimum atomic E-state index is -1.10. The summed E-state index contributed by atoms with van der Waals surface area (Å²) in [5, 5.41) is 10.0. The lowest BCUT2D eigenvalue weighted by Crippen LogP contribution is -2.35. The Morgan fingerprint density at radius 3 is 2.59 bits per heavy atom. The van der Waals surface area contributed by atoms with Crippen LogP contribution >= 0.6 is 0 Å². The molecule has 2 rings (SSSR count). The van der Waals surface area contributed by atoms with E-state index in [1.165, 1.54) is 12.1 Å². The van der Waals surface area contributed by atoms with Crippen LogP contribution in [0.1, 0.15) is 23.2 Å². The lowest BCUT2D eigenvalue weighted by atomic mass is 10.2. The monoisotopic (exact) mass is 239 g/mol. The summed E-state index contributed by atoms with van der Waals surface area (Å²) in [5.41, 5.74) is 0.110. The summed E-state index contributed by atoms with van der Waals surface area (Å²) >= 11 is 0. The van der Waals surface area contributed by atoms with Crippen LogP contribution in [-0.2, 0) is 9.63 Å². The number of benzene rings is 1. The Morgan fingerprint density at radius 2 is 2.06 bits per heavy atom. The predicted molar refractivity (Wildman–Crippen MR) is 53.9 cm³/mol. The number of carbonyl (C=O) groups excluding carboxylic acids is 2. The van der Waals surface area contributed by atoms with Crippen molar-refractivity contribution in [1.29, 1.82) is 0 Å². The normalized spacial score (nSPS) is 19.5. The minimum absolute atomic E-state index is 0.110. The Morgan fingerprint density at radius 1 is 1.41 bits per heavy atom. The lowest BCUT2D eigenvalue weighted by molar-refractivity contribution is -0.191. The number of hydrogen-bond donors (Lipinski definition) is 1. The standard InChI is InChI=1S/C11H10FNO4/c12-8-3-1-7(2-4-8)11(16)17-13-9(14)5-6-10(13)15/h1-4,9,14H,5-6H2. The first-order chi connectivity index (χ1) is 8.08. The van der Waals surface area contributed by atoms with Crippen LogP contribution in [0.4, 0.5) is 4.39 Å². The van der Waals surface area contributed by atoms with Crippen molar-refractivity contribution in [3.8, 4) is 0 Å². The molecule has 0 radical (unpaired) electrons. The molecule has 1 fully saturated rings. The zero-order valence-electron chi connectivity index (χ0n) is 8.80. The second kappa shape index (κ2) is 4.50. The summed E-state index contributed by atoms with van der Waals surface area (Å²) in [5.74, 6) is -1.73. The first-order valence-corrected chi connectivity index (χ1v) is 5.06. The molecule has 90 valence electrons. The van der Waals surface area contributed by atoms with E-state index in [-0.39, 0.29) is 18.4 Å². The van der Waals surface area contributed by atoms with Gasteiger partial charge >= 0.3 is 5.97 Å². The topological polar surface area (TPSA) is 66.8 Å². The van der Waals surface area contributed by atoms with E-state index < -0.39 is 23.9 Å². The number of halogens is 1. The molecule has 1 aromatic rings. The first kappa shape index (κ1) is 11.5.